The van der Waals surface area contributed by atoms with E-state index >= 15 is 0 Å². The summed E-state index contributed by atoms with van der Waals surface area (Å²) in [6.45, 7) is 9.94. The Morgan fingerprint density at radius 1 is 0.870 bits per heavy atom. The van der Waals surface area contributed by atoms with Crippen LogP contribution in [0, 0.1) is 5.92 Å². The quantitative estimate of drug-likeness (QED) is 0.0471. The predicted molar refractivity (Wildman–Crippen MR) is 186 cm³/mol. The van der Waals surface area contributed by atoms with Crippen LogP contribution in [-0.4, -0.2) is 118 Å². The van der Waals surface area contributed by atoms with Crippen LogP contribution in [0.5, 0.6) is 0 Å². The van der Waals surface area contributed by atoms with Gasteiger partial charge in [0.25, 0.3) is 11.8 Å². The lowest BCUT2D eigenvalue weighted by Crippen LogP contribution is -2.61. The standard InChI is InChI=1S/C35H51N5O14/c1-8-51-33(49)28-27(53-28)32(48)40(17-24(42)43)39-31(47)26(20(4)41)38-29(45)22(14-15-25(44)54-35(5,6)7)36-30(46)23(16-19(2)3)37-34(50)52-18-21-12-10-9-11-13-21/h9-13,19-20,22-23,26-28,41H,8,14-18H2,1-7H3,(H,36,46)(H,37,50)(H,38,45)(H,39,47)(H,42,43)/t20-,22+,23+,26+,27-,28-/m1/s1. The zero-order valence-electron chi connectivity index (χ0n) is 31.4. The van der Waals surface area contributed by atoms with Crippen LogP contribution in [0.4, 0.5) is 4.79 Å². The number of epoxide rings is 1. The van der Waals surface area contributed by atoms with Gasteiger partial charge in [-0.15, -0.1) is 0 Å². The summed E-state index contributed by atoms with van der Waals surface area (Å²) in [5.74, 6) is -7.54. The van der Waals surface area contributed by atoms with Crippen molar-refractivity contribution in [2.45, 2.75) is 116 Å². The van der Waals surface area contributed by atoms with Gasteiger partial charge in [-0.3, -0.25) is 34.2 Å². The molecule has 1 aliphatic rings. The van der Waals surface area contributed by atoms with E-state index in [4.69, 9.17) is 18.9 Å². The number of hydrogen-bond acceptors (Lipinski definition) is 13. The number of benzene rings is 1. The van der Waals surface area contributed by atoms with Crippen LogP contribution in [-0.2, 0) is 59.1 Å². The molecule has 1 aromatic rings. The molecule has 1 aromatic carbocycles. The van der Waals surface area contributed by atoms with Crippen molar-refractivity contribution in [1.29, 1.82) is 0 Å². The Morgan fingerprint density at radius 2 is 1.50 bits per heavy atom. The van der Waals surface area contributed by atoms with Gasteiger partial charge in [0.05, 0.1) is 12.7 Å². The number of esters is 2. The lowest BCUT2D eigenvalue weighted by atomic mass is 10.0. The van der Waals surface area contributed by atoms with Gasteiger partial charge in [-0.25, -0.2) is 14.6 Å². The van der Waals surface area contributed by atoms with Crippen LogP contribution >= 0.6 is 0 Å². The molecule has 19 nitrogen and oxygen atoms in total. The highest BCUT2D eigenvalue weighted by Gasteiger charge is 2.53. The van der Waals surface area contributed by atoms with E-state index in [1.807, 2.05) is 5.43 Å². The summed E-state index contributed by atoms with van der Waals surface area (Å²) < 4.78 is 20.4. The van der Waals surface area contributed by atoms with E-state index in [-0.39, 0.29) is 38.4 Å². The van der Waals surface area contributed by atoms with Crippen molar-refractivity contribution in [3.05, 3.63) is 35.9 Å². The first kappa shape index (κ1) is 44.9. The predicted octanol–water partition coefficient (Wildman–Crippen LogP) is 0.0747. The molecular formula is C35H51N5O14. The monoisotopic (exact) mass is 765 g/mol. The molecule has 0 saturated carbocycles. The molecule has 0 aliphatic carbocycles. The third-order valence-corrected chi connectivity index (χ3v) is 7.34. The molecule has 6 N–H and O–H groups in total. The summed E-state index contributed by atoms with van der Waals surface area (Å²) in [6.07, 6.45) is -5.98. The molecule has 5 amide bonds. The Labute approximate surface area is 312 Å². The minimum absolute atomic E-state index is 0.0135. The molecule has 0 spiro atoms. The summed E-state index contributed by atoms with van der Waals surface area (Å²) in [7, 11) is 0. The number of carbonyl (C=O) groups excluding carboxylic acids is 7. The number of aliphatic hydroxyl groups excluding tert-OH is 1. The molecule has 0 radical (unpaired) electrons. The number of aliphatic hydroxyl groups is 1. The third kappa shape index (κ3) is 15.7. The normalized spacial score (nSPS) is 17.1. The number of hydrogen-bond donors (Lipinski definition) is 6. The van der Waals surface area contributed by atoms with Gasteiger partial charge in [0.2, 0.25) is 11.8 Å². The van der Waals surface area contributed by atoms with E-state index < -0.39 is 96.2 Å². The van der Waals surface area contributed by atoms with Crippen molar-refractivity contribution < 1.29 is 67.5 Å². The number of carbonyl (C=O) groups is 8. The fraction of sp³-hybridized carbons (Fsp3) is 0.600. The van der Waals surface area contributed by atoms with Crippen LogP contribution in [0.2, 0.25) is 0 Å². The zero-order valence-corrected chi connectivity index (χ0v) is 31.4. The lowest BCUT2D eigenvalue weighted by molar-refractivity contribution is -0.155. The molecule has 0 bridgehead atoms. The van der Waals surface area contributed by atoms with Gasteiger partial charge in [0, 0.05) is 6.42 Å². The van der Waals surface area contributed by atoms with Crippen molar-refractivity contribution in [3.8, 4) is 0 Å². The fourth-order valence-corrected chi connectivity index (χ4v) is 4.83. The van der Waals surface area contributed by atoms with Crippen LogP contribution in [0.15, 0.2) is 30.3 Å². The number of carboxylic acid groups (broad SMARTS) is 1. The highest BCUT2D eigenvalue weighted by Crippen LogP contribution is 2.25. The second kappa shape index (κ2) is 20.8. The number of alkyl carbamates (subject to hydrolysis) is 1. The van der Waals surface area contributed by atoms with E-state index in [0.717, 1.165) is 6.92 Å². The number of amides is 5. The summed E-state index contributed by atoms with van der Waals surface area (Å²) in [6, 6.07) is 4.20. The average Bonchev–Trinajstić information content (AvgIpc) is 3.87. The molecule has 19 heteroatoms. The maximum Gasteiger partial charge on any atom is 0.408 e. The fourth-order valence-electron chi connectivity index (χ4n) is 4.83. The molecule has 300 valence electrons. The number of ether oxygens (including phenoxy) is 4. The number of hydrazine groups is 1. The number of rotatable bonds is 19. The number of nitrogens with zero attached hydrogens (tertiary/aromatic N) is 1. The Kier molecular flexibility index (Phi) is 17.3. The summed E-state index contributed by atoms with van der Waals surface area (Å²) in [5.41, 5.74) is 1.85. The van der Waals surface area contributed by atoms with Gasteiger partial charge < -0.3 is 45.1 Å². The molecular weight excluding hydrogens is 714 g/mol. The van der Waals surface area contributed by atoms with Crippen LogP contribution < -0.4 is 21.4 Å². The Hall–Kier alpha value is -5.30. The van der Waals surface area contributed by atoms with Gasteiger partial charge in [0.15, 0.2) is 12.2 Å². The topological polar surface area (TPSA) is 269 Å². The van der Waals surface area contributed by atoms with Gasteiger partial charge >= 0.3 is 24.0 Å². The van der Waals surface area contributed by atoms with Gasteiger partial charge in [0.1, 0.15) is 36.9 Å². The largest absolute Gasteiger partial charge is 0.480 e. The molecule has 2 rings (SSSR count). The number of aliphatic carboxylic acids is 1. The van der Waals surface area contributed by atoms with E-state index in [0.29, 0.717) is 10.6 Å². The van der Waals surface area contributed by atoms with Crippen molar-refractivity contribution in [2.24, 2.45) is 5.92 Å². The molecule has 0 aromatic heterocycles. The van der Waals surface area contributed by atoms with Crippen LogP contribution in [0.25, 0.3) is 0 Å². The molecule has 1 fully saturated rings. The van der Waals surface area contributed by atoms with E-state index in [1.165, 1.54) is 6.92 Å². The number of carboxylic acids is 1. The Bertz CT molecular complexity index is 1500. The third-order valence-electron chi connectivity index (χ3n) is 7.34. The second-order valence-corrected chi connectivity index (χ2v) is 13.8. The van der Waals surface area contributed by atoms with Crippen LogP contribution in [0.3, 0.4) is 0 Å². The minimum atomic E-state index is -1.85. The minimum Gasteiger partial charge on any atom is -0.480 e. The highest BCUT2D eigenvalue weighted by atomic mass is 16.6. The molecule has 0 unspecified atom stereocenters. The van der Waals surface area contributed by atoms with Crippen molar-refractivity contribution in [2.75, 3.05) is 13.2 Å². The Morgan fingerprint density at radius 3 is 2.06 bits per heavy atom. The Balaban J connectivity index is 2.26. The van der Waals surface area contributed by atoms with Gasteiger partial charge in [-0.1, -0.05) is 44.2 Å². The maximum atomic E-state index is 13.7. The van der Waals surface area contributed by atoms with Crippen molar-refractivity contribution >= 4 is 47.6 Å². The van der Waals surface area contributed by atoms with E-state index in [2.05, 4.69) is 16.0 Å². The zero-order chi connectivity index (χ0) is 40.7. The first-order valence-electron chi connectivity index (χ1n) is 17.4. The highest BCUT2D eigenvalue weighted by molar-refractivity contribution is 5.97. The van der Waals surface area contributed by atoms with Crippen molar-refractivity contribution in [3.63, 3.8) is 0 Å². The average molecular weight is 766 g/mol. The molecule has 1 aliphatic heterocycles. The number of nitrogens with one attached hydrogen (secondary N) is 4. The lowest BCUT2D eigenvalue weighted by Gasteiger charge is -2.28. The smallest absolute Gasteiger partial charge is 0.408 e. The second-order valence-electron chi connectivity index (χ2n) is 13.8. The molecule has 54 heavy (non-hydrogen) atoms. The summed E-state index contributed by atoms with van der Waals surface area (Å²) >= 11 is 0. The summed E-state index contributed by atoms with van der Waals surface area (Å²) in [5, 5.41) is 27.4. The van der Waals surface area contributed by atoms with Gasteiger partial charge in [-0.05, 0) is 58.9 Å². The first-order valence-corrected chi connectivity index (χ1v) is 17.4. The molecule has 1 heterocycles. The SMILES string of the molecule is CCOC(=O)[C@@H]1O[C@H]1C(=O)N(CC(=O)O)NC(=O)[C@@H](NC(=O)[C@H](CCC(=O)OC(C)(C)C)NC(=O)[C@H](CC(C)C)NC(=O)OCc1ccccc1)[C@@H](C)O. The van der Waals surface area contributed by atoms with E-state index in [1.54, 1.807) is 65.0 Å². The summed E-state index contributed by atoms with van der Waals surface area (Å²) in [4.78, 5) is 102. The molecule has 1 saturated heterocycles. The van der Waals surface area contributed by atoms with Crippen molar-refractivity contribution in [1.82, 2.24) is 26.4 Å². The molecule has 6 atom stereocenters. The maximum absolute atomic E-state index is 13.7. The van der Waals surface area contributed by atoms with Gasteiger partial charge in [-0.2, -0.15) is 0 Å². The van der Waals surface area contributed by atoms with E-state index in [9.17, 15) is 48.6 Å². The first-order chi connectivity index (χ1) is 25.2. The van der Waals surface area contributed by atoms with Crippen LogP contribution in [0.1, 0.15) is 73.3 Å².